The van der Waals surface area contributed by atoms with Gasteiger partial charge in [0.25, 0.3) is 0 Å². The maximum atomic E-state index is 5.82. The van der Waals surface area contributed by atoms with Gasteiger partial charge in [-0.25, -0.2) is 0 Å². The van der Waals surface area contributed by atoms with Crippen LogP contribution in [-0.2, 0) is 0 Å². The van der Waals surface area contributed by atoms with E-state index in [0.29, 0.717) is 12.0 Å². The van der Waals surface area contributed by atoms with Crippen LogP contribution in [0.3, 0.4) is 0 Å². The minimum absolute atomic E-state index is 0.312. The van der Waals surface area contributed by atoms with Crippen molar-refractivity contribution in [2.24, 2.45) is 17.7 Å². The first-order valence-corrected chi connectivity index (χ1v) is 7.15. The van der Waals surface area contributed by atoms with E-state index >= 15 is 0 Å². The molecule has 1 fully saturated rings. The Bertz CT molecular complexity index is 400. The first-order chi connectivity index (χ1) is 8.61. The van der Waals surface area contributed by atoms with E-state index in [2.05, 4.69) is 44.4 Å². The van der Waals surface area contributed by atoms with Crippen molar-refractivity contribution in [3.05, 3.63) is 34.9 Å². The van der Waals surface area contributed by atoms with Crippen LogP contribution in [0.1, 0.15) is 55.3 Å². The van der Waals surface area contributed by atoms with Crippen LogP contribution < -0.4 is 11.3 Å². The van der Waals surface area contributed by atoms with Crippen LogP contribution in [0, 0.1) is 25.7 Å². The molecular weight excluding hydrogens is 220 g/mol. The van der Waals surface area contributed by atoms with Gasteiger partial charge in [0, 0.05) is 6.04 Å². The van der Waals surface area contributed by atoms with Gasteiger partial charge in [0.2, 0.25) is 0 Å². The number of nitrogens with two attached hydrogens (primary N) is 1. The molecule has 2 nitrogen and oxygen atoms in total. The largest absolute Gasteiger partial charge is 0.271 e. The van der Waals surface area contributed by atoms with Gasteiger partial charge in [-0.3, -0.25) is 11.3 Å². The summed E-state index contributed by atoms with van der Waals surface area (Å²) in [6.07, 6.45) is 5.31. The zero-order chi connectivity index (χ0) is 13.1. The fourth-order valence-electron chi connectivity index (χ4n) is 3.25. The third-order valence-corrected chi connectivity index (χ3v) is 4.52. The maximum Gasteiger partial charge on any atom is 0.0488 e. The zero-order valence-corrected chi connectivity index (χ0v) is 11.9. The Morgan fingerprint density at radius 1 is 1.22 bits per heavy atom. The second kappa shape index (κ2) is 5.85. The van der Waals surface area contributed by atoms with E-state index in [-0.39, 0.29) is 0 Å². The molecule has 100 valence electrons. The summed E-state index contributed by atoms with van der Waals surface area (Å²) in [4.78, 5) is 0. The van der Waals surface area contributed by atoms with Crippen molar-refractivity contribution < 1.29 is 0 Å². The predicted octanol–water partition coefficient (Wildman–Crippen LogP) is 3.63. The summed E-state index contributed by atoms with van der Waals surface area (Å²) >= 11 is 0. The zero-order valence-electron chi connectivity index (χ0n) is 11.9. The highest BCUT2D eigenvalue weighted by Gasteiger charge is 2.27. The molecule has 1 saturated carbocycles. The molecule has 0 aliphatic heterocycles. The lowest BCUT2D eigenvalue weighted by Crippen LogP contribution is -2.35. The van der Waals surface area contributed by atoms with E-state index in [4.69, 9.17) is 5.84 Å². The van der Waals surface area contributed by atoms with Gasteiger partial charge in [-0.2, -0.15) is 0 Å². The molecule has 1 aromatic rings. The molecule has 0 spiro atoms. The van der Waals surface area contributed by atoms with Gasteiger partial charge < -0.3 is 0 Å². The fraction of sp³-hybridized carbons (Fsp3) is 0.625. The highest BCUT2D eigenvalue weighted by molar-refractivity contribution is 5.32. The summed E-state index contributed by atoms with van der Waals surface area (Å²) in [5, 5.41) is 0. The smallest absolute Gasteiger partial charge is 0.0488 e. The van der Waals surface area contributed by atoms with Crippen LogP contribution in [0.2, 0.25) is 0 Å². The number of hydrogen-bond donors (Lipinski definition) is 2. The SMILES string of the molecule is Cc1ccc(C(NN)C2CCCC(C)C2)cc1C. The van der Waals surface area contributed by atoms with E-state index < -0.39 is 0 Å². The Hall–Kier alpha value is -0.860. The van der Waals surface area contributed by atoms with Crippen molar-refractivity contribution in [2.45, 2.75) is 52.5 Å². The lowest BCUT2D eigenvalue weighted by molar-refractivity contribution is 0.224. The second-order valence-electron chi connectivity index (χ2n) is 6.02. The third kappa shape index (κ3) is 2.93. The van der Waals surface area contributed by atoms with Crippen molar-refractivity contribution in [3.63, 3.8) is 0 Å². The van der Waals surface area contributed by atoms with Gasteiger partial charge in [0.15, 0.2) is 0 Å². The molecule has 18 heavy (non-hydrogen) atoms. The van der Waals surface area contributed by atoms with E-state index in [0.717, 1.165) is 5.92 Å². The molecule has 2 heteroatoms. The average Bonchev–Trinajstić information content (AvgIpc) is 2.35. The van der Waals surface area contributed by atoms with E-state index in [9.17, 15) is 0 Å². The van der Waals surface area contributed by atoms with Gasteiger partial charge in [0.05, 0.1) is 0 Å². The van der Waals surface area contributed by atoms with Crippen LogP contribution in [0.15, 0.2) is 18.2 Å². The molecule has 3 atom stereocenters. The number of benzene rings is 1. The molecule has 3 N–H and O–H groups in total. The lowest BCUT2D eigenvalue weighted by atomic mass is 9.76. The minimum atomic E-state index is 0.312. The molecule has 1 aliphatic rings. The quantitative estimate of drug-likeness (QED) is 0.631. The second-order valence-corrected chi connectivity index (χ2v) is 6.02. The first kappa shape index (κ1) is 13.6. The number of hydrazine groups is 1. The van der Waals surface area contributed by atoms with Gasteiger partial charge in [-0.15, -0.1) is 0 Å². The molecule has 0 radical (unpaired) electrons. The molecule has 0 heterocycles. The van der Waals surface area contributed by atoms with Crippen molar-refractivity contribution in [1.82, 2.24) is 5.43 Å². The van der Waals surface area contributed by atoms with E-state index in [1.54, 1.807) is 0 Å². The number of aryl methyl sites for hydroxylation is 2. The summed E-state index contributed by atoms with van der Waals surface area (Å²) in [6, 6.07) is 7.04. The fourth-order valence-corrected chi connectivity index (χ4v) is 3.25. The standard InChI is InChI=1S/C16H26N2/c1-11-5-4-6-14(9-11)16(18-17)15-8-7-12(2)13(3)10-15/h7-8,10-11,14,16,18H,4-6,9,17H2,1-3H3. The molecule has 1 aromatic carbocycles. The molecule has 1 aliphatic carbocycles. The van der Waals surface area contributed by atoms with E-state index in [1.165, 1.54) is 42.4 Å². The summed E-state index contributed by atoms with van der Waals surface area (Å²) < 4.78 is 0. The van der Waals surface area contributed by atoms with E-state index in [1.807, 2.05) is 0 Å². The van der Waals surface area contributed by atoms with Gasteiger partial charge in [-0.1, -0.05) is 38.0 Å². The summed E-state index contributed by atoms with van der Waals surface area (Å²) in [5.74, 6) is 7.34. The lowest BCUT2D eigenvalue weighted by Gasteiger charge is -2.33. The molecule has 3 unspecified atom stereocenters. The molecule has 0 amide bonds. The van der Waals surface area contributed by atoms with Gasteiger partial charge in [-0.05, 0) is 55.2 Å². The Morgan fingerprint density at radius 2 is 2.00 bits per heavy atom. The van der Waals surface area contributed by atoms with Crippen LogP contribution in [-0.4, -0.2) is 0 Å². The third-order valence-electron chi connectivity index (χ3n) is 4.52. The summed E-state index contributed by atoms with van der Waals surface area (Å²) in [7, 11) is 0. The Balaban J connectivity index is 2.18. The van der Waals surface area contributed by atoms with Gasteiger partial charge >= 0.3 is 0 Å². The Kier molecular flexibility index (Phi) is 4.41. The van der Waals surface area contributed by atoms with Crippen molar-refractivity contribution >= 4 is 0 Å². The highest BCUT2D eigenvalue weighted by Crippen LogP contribution is 2.37. The monoisotopic (exact) mass is 246 g/mol. The molecule has 2 rings (SSSR count). The topological polar surface area (TPSA) is 38.0 Å². The normalized spacial score (nSPS) is 26.0. The van der Waals surface area contributed by atoms with Crippen LogP contribution in [0.4, 0.5) is 0 Å². The number of rotatable bonds is 3. The molecule has 0 bridgehead atoms. The van der Waals surface area contributed by atoms with Crippen molar-refractivity contribution in [1.29, 1.82) is 0 Å². The first-order valence-electron chi connectivity index (χ1n) is 7.15. The Labute approximate surface area is 111 Å². The highest BCUT2D eigenvalue weighted by atomic mass is 15.2. The summed E-state index contributed by atoms with van der Waals surface area (Å²) in [5.41, 5.74) is 7.11. The Morgan fingerprint density at radius 3 is 2.61 bits per heavy atom. The number of nitrogens with one attached hydrogen (secondary N) is 1. The molecular formula is C16H26N2. The maximum absolute atomic E-state index is 5.82. The van der Waals surface area contributed by atoms with Crippen LogP contribution in [0.5, 0.6) is 0 Å². The number of hydrogen-bond acceptors (Lipinski definition) is 2. The predicted molar refractivity (Wildman–Crippen MR) is 77.1 cm³/mol. The van der Waals surface area contributed by atoms with Gasteiger partial charge in [0.1, 0.15) is 0 Å². The van der Waals surface area contributed by atoms with Crippen molar-refractivity contribution in [3.8, 4) is 0 Å². The van der Waals surface area contributed by atoms with Crippen LogP contribution in [0.25, 0.3) is 0 Å². The molecule has 0 saturated heterocycles. The average molecular weight is 246 g/mol. The van der Waals surface area contributed by atoms with Crippen molar-refractivity contribution in [2.75, 3.05) is 0 Å². The van der Waals surface area contributed by atoms with Crippen LogP contribution >= 0.6 is 0 Å². The minimum Gasteiger partial charge on any atom is -0.271 e. The molecule has 0 aromatic heterocycles. The summed E-state index contributed by atoms with van der Waals surface area (Å²) in [6.45, 7) is 6.70.